The molecule has 6 heteroatoms. The van der Waals surface area contributed by atoms with Crippen LogP contribution in [0, 0.1) is 11.8 Å². The van der Waals surface area contributed by atoms with Crippen molar-refractivity contribution in [2.24, 2.45) is 11.8 Å². The fourth-order valence-electron chi connectivity index (χ4n) is 4.18. The molecule has 136 valence electrons. The van der Waals surface area contributed by atoms with Gasteiger partial charge in [-0.1, -0.05) is 24.6 Å². The van der Waals surface area contributed by atoms with Crippen molar-refractivity contribution >= 4 is 21.6 Å². The van der Waals surface area contributed by atoms with Gasteiger partial charge < -0.3 is 5.32 Å². The van der Waals surface area contributed by atoms with Crippen molar-refractivity contribution < 1.29 is 13.2 Å². The maximum absolute atomic E-state index is 12.4. The van der Waals surface area contributed by atoms with Crippen LogP contribution in [0.15, 0.2) is 59.5 Å². The highest BCUT2D eigenvalue weighted by atomic mass is 32.2. The molecule has 0 unspecified atom stereocenters. The van der Waals surface area contributed by atoms with Crippen LogP contribution < -0.4 is 10.0 Å². The van der Waals surface area contributed by atoms with Crippen molar-refractivity contribution in [1.82, 2.24) is 5.32 Å². The Kier molecular flexibility index (Phi) is 4.44. The number of benzene rings is 2. The number of hydrogen-bond acceptors (Lipinski definition) is 3. The van der Waals surface area contributed by atoms with Crippen molar-refractivity contribution in [2.75, 3.05) is 4.72 Å². The van der Waals surface area contributed by atoms with Crippen molar-refractivity contribution in [2.45, 2.75) is 36.6 Å². The van der Waals surface area contributed by atoms with Gasteiger partial charge in [-0.25, -0.2) is 8.42 Å². The number of amides is 1. The van der Waals surface area contributed by atoms with Crippen LogP contribution in [-0.2, 0) is 10.0 Å². The Hall–Kier alpha value is -2.34. The standard InChI is InChI=1S/C20H22N2O3S/c23-20(21-19-13-14-6-7-16(19)12-14)15-8-10-17(11-9-15)22-26(24,25)18-4-2-1-3-5-18/h1-5,8-11,14,16,19,22H,6-7,12-13H2,(H,21,23)/t14-,16-,19-/m1/s1. The van der Waals surface area contributed by atoms with Gasteiger partial charge in [-0.15, -0.1) is 0 Å². The molecule has 4 rings (SSSR count). The molecule has 5 nitrogen and oxygen atoms in total. The second kappa shape index (κ2) is 6.76. The Balaban J connectivity index is 1.41. The van der Waals surface area contributed by atoms with Crippen LogP contribution in [0.4, 0.5) is 5.69 Å². The van der Waals surface area contributed by atoms with Crippen molar-refractivity contribution in [3.8, 4) is 0 Å². The SMILES string of the molecule is O=C(N[C@@H]1C[C@@H]2CC[C@@H]1C2)c1ccc(NS(=O)(=O)c2ccccc2)cc1. The van der Waals surface area contributed by atoms with Crippen LogP contribution in [0.2, 0.25) is 0 Å². The van der Waals surface area contributed by atoms with Gasteiger partial charge in [0.05, 0.1) is 4.90 Å². The minimum absolute atomic E-state index is 0.0833. The first-order chi connectivity index (χ1) is 12.5. The molecular formula is C20H22N2O3S. The molecule has 0 spiro atoms. The summed E-state index contributed by atoms with van der Waals surface area (Å²) in [5.41, 5.74) is 0.987. The molecule has 2 bridgehead atoms. The third-order valence-electron chi connectivity index (χ3n) is 5.51. The molecule has 3 atom stereocenters. The van der Waals surface area contributed by atoms with Crippen molar-refractivity contribution in [3.05, 3.63) is 60.2 Å². The van der Waals surface area contributed by atoms with Crippen molar-refractivity contribution in [1.29, 1.82) is 0 Å². The smallest absolute Gasteiger partial charge is 0.261 e. The monoisotopic (exact) mass is 370 g/mol. The van der Waals surface area contributed by atoms with Gasteiger partial charge in [-0.05, 0) is 67.5 Å². The zero-order valence-electron chi connectivity index (χ0n) is 14.4. The molecular weight excluding hydrogens is 348 g/mol. The Morgan fingerprint density at radius 1 is 0.923 bits per heavy atom. The van der Waals surface area contributed by atoms with Crippen LogP contribution in [0.5, 0.6) is 0 Å². The number of hydrogen-bond donors (Lipinski definition) is 2. The van der Waals surface area contributed by atoms with E-state index in [-0.39, 0.29) is 16.8 Å². The summed E-state index contributed by atoms with van der Waals surface area (Å²) in [6.45, 7) is 0. The molecule has 0 radical (unpaired) electrons. The van der Waals surface area contributed by atoms with E-state index in [1.54, 1.807) is 54.6 Å². The number of carbonyl (C=O) groups is 1. The van der Waals surface area contributed by atoms with E-state index in [2.05, 4.69) is 10.0 Å². The summed E-state index contributed by atoms with van der Waals surface area (Å²) in [5.74, 6) is 1.32. The average molecular weight is 370 g/mol. The van der Waals surface area contributed by atoms with Gasteiger partial charge in [0.2, 0.25) is 0 Å². The maximum atomic E-state index is 12.4. The number of nitrogens with one attached hydrogen (secondary N) is 2. The van der Waals surface area contributed by atoms with Gasteiger partial charge in [0.15, 0.2) is 0 Å². The fraction of sp³-hybridized carbons (Fsp3) is 0.350. The summed E-state index contributed by atoms with van der Waals surface area (Å²) in [5, 5.41) is 3.14. The van der Waals surface area contributed by atoms with Gasteiger partial charge in [-0.2, -0.15) is 0 Å². The lowest BCUT2D eigenvalue weighted by molar-refractivity contribution is 0.0923. The van der Waals surface area contributed by atoms with E-state index in [1.165, 1.54) is 19.3 Å². The van der Waals surface area contributed by atoms with Crippen molar-refractivity contribution in [3.63, 3.8) is 0 Å². The quantitative estimate of drug-likeness (QED) is 0.847. The first-order valence-corrected chi connectivity index (χ1v) is 10.5. The molecule has 2 aromatic rings. The van der Waals surface area contributed by atoms with E-state index < -0.39 is 10.0 Å². The zero-order chi connectivity index (χ0) is 18.1. The minimum Gasteiger partial charge on any atom is -0.349 e. The van der Waals surface area contributed by atoms with E-state index in [9.17, 15) is 13.2 Å². The van der Waals surface area contributed by atoms with Gasteiger partial charge in [-0.3, -0.25) is 9.52 Å². The zero-order valence-corrected chi connectivity index (χ0v) is 15.2. The van der Waals surface area contributed by atoms with E-state index in [0.29, 0.717) is 17.2 Å². The lowest BCUT2D eigenvalue weighted by Crippen LogP contribution is -2.38. The van der Waals surface area contributed by atoms with Crippen LogP contribution in [-0.4, -0.2) is 20.4 Å². The molecule has 0 saturated heterocycles. The number of carbonyl (C=O) groups excluding carboxylic acids is 1. The molecule has 2 aliphatic carbocycles. The molecule has 2 aromatic carbocycles. The normalized spacial score (nSPS) is 24.4. The fourth-order valence-corrected chi connectivity index (χ4v) is 5.26. The third kappa shape index (κ3) is 3.46. The molecule has 0 aromatic heterocycles. The second-order valence-electron chi connectivity index (χ2n) is 7.25. The van der Waals surface area contributed by atoms with E-state index >= 15 is 0 Å². The molecule has 2 saturated carbocycles. The minimum atomic E-state index is -3.62. The highest BCUT2D eigenvalue weighted by Crippen LogP contribution is 2.44. The Bertz CT molecular complexity index is 894. The summed E-state index contributed by atoms with van der Waals surface area (Å²) in [6, 6.07) is 15.1. The number of anilines is 1. The largest absolute Gasteiger partial charge is 0.349 e. The lowest BCUT2D eigenvalue weighted by Gasteiger charge is -2.22. The summed E-state index contributed by atoms with van der Waals surface area (Å²) in [6.07, 6.45) is 4.85. The number of rotatable bonds is 5. The summed E-state index contributed by atoms with van der Waals surface area (Å²) >= 11 is 0. The molecule has 1 amide bonds. The predicted octanol–water partition coefficient (Wildman–Crippen LogP) is 3.41. The molecule has 2 aliphatic rings. The lowest BCUT2D eigenvalue weighted by atomic mass is 9.95. The molecule has 2 N–H and O–H groups in total. The highest BCUT2D eigenvalue weighted by Gasteiger charge is 2.40. The summed E-state index contributed by atoms with van der Waals surface area (Å²) < 4.78 is 27.2. The average Bonchev–Trinajstić information content (AvgIpc) is 3.26. The first-order valence-electron chi connectivity index (χ1n) is 9.00. The summed E-state index contributed by atoms with van der Waals surface area (Å²) in [4.78, 5) is 12.7. The number of fused-ring (bicyclic) bond motifs is 2. The molecule has 26 heavy (non-hydrogen) atoms. The van der Waals surface area contributed by atoms with Gasteiger partial charge in [0.25, 0.3) is 15.9 Å². The summed E-state index contributed by atoms with van der Waals surface area (Å²) in [7, 11) is -3.62. The van der Waals surface area contributed by atoms with Gasteiger partial charge in [0.1, 0.15) is 0 Å². The third-order valence-corrected chi connectivity index (χ3v) is 6.90. The topological polar surface area (TPSA) is 75.3 Å². The Labute approximate surface area is 153 Å². The Morgan fingerprint density at radius 3 is 2.27 bits per heavy atom. The molecule has 0 aliphatic heterocycles. The first kappa shape index (κ1) is 17.1. The van der Waals surface area contributed by atoms with E-state index in [1.807, 2.05) is 0 Å². The second-order valence-corrected chi connectivity index (χ2v) is 8.93. The van der Waals surface area contributed by atoms with E-state index in [0.717, 1.165) is 12.3 Å². The van der Waals surface area contributed by atoms with E-state index in [4.69, 9.17) is 0 Å². The molecule has 2 fully saturated rings. The van der Waals surface area contributed by atoms with Gasteiger partial charge >= 0.3 is 0 Å². The maximum Gasteiger partial charge on any atom is 0.261 e. The predicted molar refractivity (Wildman–Crippen MR) is 100 cm³/mol. The van der Waals surface area contributed by atoms with Crippen LogP contribution in [0.1, 0.15) is 36.0 Å². The number of sulfonamides is 1. The highest BCUT2D eigenvalue weighted by molar-refractivity contribution is 7.92. The van der Waals surface area contributed by atoms with Gasteiger partial charge in [0, 0.05) is 17.3 Å². The van der Waals surface area contributed by atoms with Crippen LogP contribution >= 0.6 is 0 Å². The van der Waals surface area contributed by atoms with Crippen LogP contribution in [0.25, 0.3) is 0 Å². The van der Waals surface area contributed by atoms with Crippen LogP contribution in [0.3, 0.4) is 0 Å². The molecule has 0 heterocycles. The Morgan fingerprint density at radius 2 is 1.65 bits per heavy atom.